The molecule has 1 unspecified atom stereocenters. The van der Waals surface area contributed by atoms with Crippen LogP contribution in [0, 0.1) is 0 Å². The van der Waals surface area contributed by atoms with Gasteiger partial charge in [0, 0.05) is 5.92 Å². The Kier molecular flexibility index (Phi) is 5.72. The second-order valence-corrected chi connectivity index (χ2v) is 10.1. The largest absolute Gasteiger partial charge is 0.0622 e. The average molecular weight is 485 g/mol. The molecule has 0 aromatic heterocycles. The lowest BCUT2D eigenvalue weighted by Crippen LogP contribution is -2.09. The monoisotopic (exact) mass is 484 g/mol. The third-order valence-corrected chi connectivity index (χ3v) is 7.88. The maximum Gasteiger partial charge on any atom is 0.0136 e. The molecule has 0 amide bonds. The summed E-state index contributed by atoms with van der Waals surface area (Å²) in [4.78, 5) is 0. The number of rotatable bonds is 4. The Morgan fingerprint density at radius 3 is 1.34 bits per heavy atom. The average Bonchev–Trinajstić information content (AvgIpc) is 3.00. The summed E-state index contributed by atoms with van der Waals surface area (Å²) in [5.74, 6) is 0.225. The van der Waals surface area contributed by atoms with Crippen LogP contribution in [0.15, 0.2) is 152 Å². The molecule has 0 saturated heterocycles. The summed E-state index contributed by atoms with van der Waals surface area (Å²) in [7, 11) is 0. The molecular weight excluding hydrogens is 456 g/mol. The van der Waals surface area contributed by atoms with Crippen molar-refractivity contribution in [2.24, 2.45) is 0 Å². The Balaban J connectivity index is 1.56. The number of hydrogen-bond donors (Lipinski definition) is 0. The van der Waals surface area contributed by atoms with Gasteiger partial charge in [-0.3, -0.25) is 0 Å². The first kappa shape index (κ1) is 22.5. The van der Waals surface area contributed by atoms with Crippen LogP contribution in [0.1, 0.15) is 22.6 Å². The molecule has 7 rings (SSSR count). The summed E-state index contributed by atoms with van der Waals surface area (Å²) < 4.78 is 0. The third kappa shape index (κ3) is 3.86. The first-order valence-electron chi connectivity index (χ1n) is 13.4. The third-order valence-electron chi connectivity index (χ3n) is 7.88. The molecule has 0 aliphatic heterocycles. The van der Waals surface area contributed by atoms with E-state index in [2.05, 4.69) is 152 Å². The normalized spacial score (nSPS) is 12.2. The van der Waals surface area contributed by atoms with Gasteiger partial charge in [0.05, 0.1) is 0 Å². The predicted molar refractivity (Wildman–Crippen MR) is 160 cm³/mol. The standard InChI is InChI=1S/C38H28/c1-3-14-27(15-4-1)26-37(28-16-5-2-6-17-28)36-25-13-24-35-33-21-10-9-20-31(33)29-18-7-8-19-30(29)32-22-11-12-23-34(32)38(35)36/h1-25,37H,26H2. The molecule has 0 N–H and O–H groups in total. The fourth-order valence-electron chi connectivity index (χ4n) is 6.17. The van der Waals surface area contributed by atoms with E-state index in [-0.39, 0.29) is 5.92 Å². The zero-order chi connectivity index (χ0) is 25.3. The molecule has 180 valence electrons. The number of benzene rings is 6. The zero-order valence-corrected chi connectivity index (χ0v) is 21.2. The molecule has 0 heteroatoms. The predicted octanol–water partition coefficient (Wildman–Crippen LogP) is 10.0. The van der Waals surface area contributed by atoms with Crippen LogP contribution in [0.4, 0.5) is 0 Å². The van der Waals surface area contributed by atoms with Crippen LogP contribution >= 0.6 is 0 Å². The van der Waals surface area contributed by atoms with Crippen molar-refractivity contribution in [2.45, 2.75) is 12.3 Å². The van der Waals surface area contributed by atoms with Gasteiger partial charge in [-0.05, 0) is 67.6 Å². The minimum atomic E-state index is 0.225. The summed E-state index contributed by atoms with van der Waals surface area (Å²) in [5.41, 5.74) is 14.5. The summed E-state index contributed by atoms with van der Waals surface area (Å²) in [6.45, 7) is 0. The lowest BCUT2D eigenvalue weighted by Gasteiger charge is -2.28. The molecule has 1 aliphatic carbocycles. The van der Waals surface area contributed by atoms with Crippen molar-refractivity contribution in [3.05, 3.63) is 168 Å². The van der Waals surface area contributed by atoms with E-state index in [0.717, 1.165) is 6.42 Å². The Labute approximate surface area is 224 Å². The topological polar surface area (TPSA) is 0 Å². The van der Waals surface area contributed by atoms with Crippen molar-refractivity contribution in [3.8, 4) is 44.5 Å². The van der Waals surface area contributed by atoms with Gasteiger partial charge in [-0.1, -0.05) is 152 Å². The van der Waals surface area contributed by atoms with Gasteiger partial charge in [-0.2, -0.15) is 0 Å². The first-order chi connectivity index (χ1) is 18.9. The molecule has 6 aromatic rings. The molecule has 1 atom stereocenters. The van der Waals surface area contributed by atoms with Crippen molar-refractivity contribution >= 4 is 0 Å². The molecule has 0 spiro atoms. The second-order valence-electron chi connectivity index (χ2n) is 10.1. The maximum atomic E-state index is 2.35. The van der Waals surface area contributed by atoms with Gasteiger partial charge in [0.25, 0.3) is 0 Å². The smallest absolute Gasteiger partial charge is 0.0136 e. The number of fused-ring (bicyclic) bond motifs is 8. The minimum Gasteiger partial charge on any atom is -0.0622 e. The highest BCUT2D eigenvalue weighted by molar-refractivity contribution is 6.03. The van der Waals surface area contributed by atoms with E-state index in [4.69, 9.17) is 0 Å². The van der Waals surface area contributed by atoms with Crippen LogP contribution in [0.5, 0.6) is 0 Å². The lowest BCUT2D eigenvalue weighted by atomic mass is 9.75. The molecule has 6 aromatic carbocycles. The minimum absolute atomic E-state index is 0.225. The fraction of sp³-hybridized carbons (Fsp3) is 0.0526. The van der Waals surface area contributed by atoms with Gasteiger partial charge < -0.3 is 0 Å². The van der Waals surface area contributed by atoms with Gasteiger partial charge in [-0.25, -0.2) is 0 Å². The summed E-state index contributed by atoms with van der Waals surface area (Å²) >= 11 is 0. The lowest BCUT2D eigenvalue weighted by molar-refractivity contribution is 0.807. The maximum absolute atomic E-state index is 2.35. The Morgan fingerprint density at radius 1 is 0.342 bits per heavy atom. The van der Waals surface area contributed by atoms with E-state index in [0.29, 0.717) is 0 Å². The van der Waals surface area contributed by atoms with Crippen LogP contribution < -0.4 is 0 Å². The molecule has 0 fully saturated rings. The highest BCUT2D eigenvalue weighted by Crippen LogP contribution is 2.50. The van der Waals surface area contributed by atoms with Gasteiger partial charge in [0.1, 0.15) is 0 Å². The summed E-state index contributed by atoms with van der Waals surface area (Å²) in [6, 6.07) is 55.5. The van der Waals surface area contributed by atoms with E-state index < -0.39 is 0 Å². The fourth-order valence-corrected chi connectivity index (χ4v) is 6.17. The van der Waals surface area contributed by atoms with E-state index in [1.807, 2.05) is 0 Å². The molecule has 0 bridgehead atoms. The molecule has 0 saturated carbocycles. The molecule has 0 heterocycles. The summed E-state index contributed by atoms with van der Waals surface area (Å²) in [5, 5.41) is 0. The molecule has 38 heavy (non-hydrogen) atoms. The molecular formula is C38H28. The molecule has 0 nitrogen and oxygen atoms in total. The van der Waals surface area contributed by atoms with E-state index >= 15 is 0 Å². The van der Waals surface area contributed by atoms with Crippen molar-refractivity contribution < 1.29 is 0 Å². The van der Waals surface area contributed by atoms with Crippen LogP contribution in [0.2, 0.25) is 0 Å². The van der Waals surface area contributed by atoms with Crippen molar-refractivity contribution in [1.29, 1.82) is 0 Å². The SMILES string of the molecule is c1ccc(CC(c2ccccc2)c2cccc3c2-c2ccccc2-c2ccccc2-c2ccccc2-3)cc1. The van der Waals surface area contributed by atoms with Gasteiger partial charge in [0.2, 0.25) is 0 Å². The molecule has 0 radical (unpaired) electrons. The van der Waals surface area contributed by atoms with Gasteiger partial charge in [0.15, 0.2) is 0 Å². The van der Waals surface area contributed by atoms with Crippen molar-refractivity contribution in [2.75, 3.05) is 0 Å². The van der Waals surface area contributed by atoms with Crippen LogP contribution in [0.25, 0.3) is 44.5 Å². The van der Waals surface area contributed by atoms with Gasteiger partial charge in [-0.15, -0.1) is 0 Å². The first-order valence-corrected chi connectivity index (χ1v) is 13.4. The van der Waals surface area contributed by atoms with E-state index in [1.165, 1.54) is 61.2 Å². The highest BCUT2D eigenvalue weighted by Gasteiger charge is 2.26. The number of hydrogen-bond acceptors (Lipinski definition) is 0. The quantitative estimate of drug-likeness (QED) is 0.233. The van der Waals surface area contributed by atoms with Crippen LogP contribution in [-0.2, 0) is 6.42 Å². The Hall–Kier alpha value is -4.68. The Bertz CT molecular complexity index is 1720. The van der Waals surface area contributed by atoms with Crippen molar-refractivity contribution in [3.63, 3.8) is 0 Å². The van der Waals surface area contributed by atoms with Crippen LogP contribution in [0.3, 0.4) is 0 Å². The highest BCUT2D eigenvalue weighted by atomic mass is 14.3. The van der Waals surface area contributed by atoms with E-state index in [1.54, 1.807) is 0 Å². The van der Waals surface area contributed by atoms with E-state index in [9.17, 15) is 0 Å². The Morgan fingerprint density at radius 2 is 0.763 bits per heavy atom. The van der Waals surface area contributed by atoms with Gasteiger partial charge >= 0.3 is 0 Å². The zero-order valence-electron chi connectivity index (χ0n) is 21.2. The molecule has 1 aliphatic rings. The summed E-state index contributed by atoms with van der Waals surface area (Å²) in [6.07, 6.45) is 0.946. The second kappa shape index (κ2) is 9.65. The van der Waals surface area contributed by atoms with Crippen molar-refractivity contribution in [1.82, 2.24) is 0 Å². The van der Waals surface area contributed by atoms with Crippen LogP contribution in [-0.4, -0.2) is 0 Å².